The van der Waals surface area contributed by atoms with E-state index in [1.807, 2.05) is 0 Å². The lowest BCUT2D eigenvalue weighted by Gasteiger charge is -2.38. The highest BCUT2D eigenvalue weighted by molar-refractivity contribution is 6.04. The average Bonchev–Trinajstić information content (AvgIpc) is 2.94. The summed E-state index contributed by atoms with van der Waals surface area (Å²) in [7, 11) is 2.18. The molecule has 5 aliphatic rings. The normalized spacial score (nSPS) is 35.4. The molecule has 1 saturated heterocycles. The van der Waals surface area contributed by atoms with Gasteiger partial charge in [-0.15, -0.1) is 0 Å². The van der Waals surface area contributed by atoms with Crippen LogP contribution in [0.25, 0.3) is 6.08 Å². The highest BCUT2D eigenvalue weighted by Crippen LogP contribution is 2.61. The zero-order valence-corrected chi connectivity index (χ0v) is 18.2. The maximum atomic E-state index is 13.8. The zero-order chi connectivity index (χ0) is 20.3. The van der Waals surface area contributed by atoms with E-state index in [4.69, 9.17) is 4.74 Å². The van der Waals surface area contributed by atoms with Crippen LogP contribution in [0.4, 0.5) is 5.69 Å². The average molecular weight is 407 g/mol. The fourth-order valence-corrected chi connectivity index (χ4v) is 7.32. The summed E-state index contributed by atoms with van der Waals surface area (Å²) in [4.78, 5) is 18.6. The van der Waals surface area contributed by atoms with Crippen molar-refractivity contribution in [3.63, 3.8) is 0 Å². The van der Waals surface area contributed by atoms with E-state index in [-0.39, 0.29) is 5.41 Å². The molecular weight excluding hydrogens is 372 g/mol. The highest BCUT2D eigenvalue weighted by atomic mass is 16.5. The van der Waals surface area contributed by atoms with Crippen molar-refractivity contribution < 1.29 is 9.53 Å². The van der Waals surface area contributed by atoms with Crippen LogP contribution in [-0.4, -0.2) is 50.5 Å². The molecule has 1 aromatic carbocycles. The van der Waals surface area contributed by atoms with E-state index in [0.717, 1.165) is 80.1 Å². The Labute approximate surface area is 180 Å². The monoisotopic (exact) mass is 406 g/mol. The summed E-state index contributed by atoms with van der Waals surface area (Å²) in [5, 5.41) is 0. The lowest BCUT2D eigenvalue weighted by Crippen LogP contribution is -2.44. The van der Waals surface area contributed by atoms with Crippen LogP contribution in [0, 0.1) is 23.2 Å². The van der Waals surface area contributed by atoms with E-state index in [1.165, 1.54) is 31.4 Å². The molecule has 160 valence electrons. The third-order valence-electron chi connectivity index (χ3n) is 8.83. The summed E-state index contributed by atoms with van der Waals surface area (Å²) in [5.74, 6) is 3.73. The fraction of sp³-hybridized carbons (Fsp3) is 0.654. The third kappa shape index (κ3) is 3.10. The maximum Gasteiger partial charge on any atom is 0.168 e. The van der Waals surface area contributed by atoms with Gasteiger partial charge in [0.15, 0.2) is 5.78 Å². The van der Waals surface area contributed by atoms with E-state index in [1.54, 1.807) is 0 Å². The molecule has 4 nitrogen and oxygen atoms in total. The second-order valence-corrected chi connectivity index (χ2v) is 10.7. The van der Waals surface area contributed by atoms with Crippen LogP contribution in [0.15, 0.2) is 23.8 Å². The fourth-order valence-electron chi connectivity index (χ4n) is 7.32. The van der Waals surface area contributed by atoms with Crippen LogP contribution in [0.1, 0.15) is 50.5 Å². The summed E-state index contributed by atoms with van der Waals surface area (Å²) in [6.07, 6.45) is 11.0. The number of nitrogens with zero attached hydrogens (tertiary/aromatic N) is 2. The number of rotatable bonds is 3. The van der Waals surface area contributed by atoms with Crippen LogP contribution in [0.2, 0.25) is 0 Å². The Balaban J connectivity index is 1.24. The smallest absolute Gasteiger partial charge is 0.168 e. The van der Waals surface area contributed by atoms with E-state index < -0.39 is 0 Å². The second kappa shape index (κ2) is 7.12. The molecule has 0 aromatic heterocycles. The molecular formula is C26H34N2O2. The lowest BCUT2D eigenvalue weighted by atomic mass is 9.66. The van der Waals surface area contributed by atoms with Crippen LogP contribution in [0.3, 0.4) is 0 Å². The number of anilines is 1. The molecule has 0 radical (unpaired) electrons. The van der Waals surface area contributed by atoms with Gasteiger partial charge >= 0.3 is 0 Å². The number of likely N-dealkylation sites (N-methyl/N-ethyl adjacent to an activating group) is 1. The van der Waals surface area contributed by atoms with Gasteiger partial charge in [-0.25, -0.2) is 0 Å². The molecule has 4 atom stereocenters. The number of hydrogen-bond donors (Lipinski definition) is 0. The van der Waals surface area contributed by atoms with Gasteiger partial charge in [0.1, 0.15) is 12.4 Å². The topological polar surface area (TPSA) is 32.8 Å². The molecule has 30 heavy (non-hydrogen) atoms. The molecule has 2 aliphatic heterocycles. The van der Waals surface area contributed by atoms with E-state index in [9.17, 15) is 4.79 Å². The maximum absolute atomic E-state index is 13.8. The Morgan fingerprint density at radius 2 is 1.90 bits per heavy atom. The number of carbonyl (C=O) groups is 1. The van der Waals surface area contributed by atoms with Crippen LogP contribution in [-0.2, 0) is 4.79 Å². The molecule has 0 spiro atoms. The van der Waals surface area contributed by atoms with Gasteiger partial charge in [-0.3, -0.25) is 4.79 Å². The summed E-state index contributed by atoms with van der Waals surface area (Å²) >= 11 is 0. The molecule has 3 saturated carbocycles. The van der Waals surface area contributed by atoms with Crippen molar-refractivity contribution in [2.45, 2.75) is 44.9 Å². The second-order valence-electron chi connectivity index (χ2n) is 10.7. The van der Waals surface area contributed by atoms with Crippen LogP contribution >= 0.6 is 0 Å². The summed E-state index contributed by atoms with van der Waals surface area (Å²) in [6.45, 7) is 4.75. The molecule has 4 heteroatoms. The minimum absolute atomic E-state index is 0.0782. The van der Waals surface area contributed by atoms with Gasteiger partial charge in [-0.05, 0) is 68.7 Å². The number of ether oxygens (including phenoxy) is 1. The predicted octanol–water partition coefficient (Wildman–Crippen LogP) is 4.39. The van der Waals surface area contributed by atoms with Crippen molar-refractivity contribution in [2.75, 3.05) is 44.7 Å². The number of fused-ring (bicyclic) bond motifs is 3. The number of benzene rings is 1. The molecule has 3 bridgehead atoms. The molecule has 1 aromatic rings. The third-order valence-corrected chi connectivity index (χ3v) is 8.83. The van der Waals surface area contributed by atoms with Gasteiger partial charge < -0.3 is 14.5 Å². The van der Waals surface area contributed by atoms with E-state index in [0.29, 0.717) is 12.4 Å². The minimum atomic E-state index is -0.0782. The first-order valence-corrected chi connectivity index (χ1v) is 12.1. The predicted molar refractivity (Wildman–Crippen MR) is 120 cm³/mol. The molecule has 4 fully saturated rings. The molecule has 4 unspecified atom stereocenters. The zero-order valence-electron chi connectivity index (χ0n) is 18.2. The van der Waals surface area contributed by atoms with Crippen LogP contribution in [0.5, 0.6) is 5.75 Å². The largest absolute Gasteiger partial charge is 0.488 e. The molecule has 6 rings (SSSR count). The summed E-state index contributed by atoms with van der Waals surface area (Å²) in [6, 6.07) is 6.53. The number of ketones is 1. The minimum Gasteiger partial charge on any atom is -0.488 e. The van der Waals surface area contributed by atoms with Gasteiger partial charge in [-0.1, -0.05) is 19.3 Å². The first-order chi connectivity index (χ1) is 14.6. The first kappa shape index (κ1) is 18.9. The molecule has 0 N–H and O–H groups in total. The Hall–Kier alpha value is -1.81. The van der Waals surface area contributed by atoms with Gasteiger partial charge in [0.2, 0.25) is 0 Å². The van der Waals surface area contributed by atoms with Gasteiger partial charge in [0.25, 0.3) is 0 Å². The quantitative estimate of drug-likeness (QED) is 0.745. The Bertz CT molecular complexity index is 881. The number of piperazine rings is 1. The Morgan fingerprint density at radius 1 is 1.07 bits per heavy atom. The first-order valence-electron chi connectivity index (χ1n) is 12.1. The van der Waals surface area contributed by atoms with E-state index in [2.05, 4.69) is 41.1 Å². The summed E-state index contributed by atoms with van der Waals surface area (Å²) < 4.78 is 6.17. The summed E-state index contributed by atoms with van der Waals surface area (Å²) in [5.41, 5.74) is 3.15. The van der Waals surface area contributed by atoms with E-state index >= 15 is 0 Å². The lowest BCUT2D eigenvalue weighted by molar-refractivity contribution is -0.127. The van der Waals surface area contributed by atoms with Crippen molar-refractivity contribution in [1.82, 2.24) is 4.90 Å². The van der Waals surface area contributed by atoms with Crippen molar-refractivity contribution >= 4 is 17.5 Å². The molecule has 0 amide bonds. The van der Waals surface area contributed by atoms with Crippen molar-refractivity contribution in [3.05, 3.63) is 29.3 Å². The van der Waals surface area contributed by atoms with Gasteiger partial charge in [-0.2, -0.15) is 0 Å². The highest BCUT2D eigenvalue weighted by Gasteiger charge is 2.55. The van der Waals surface area contributed by atoms with Crippen molar-refractivity contribution in [3.8, 4) is 5.75 Å². The molecule has 3 aliphatic carbocycles. The molecule has 2 heterocycles. The van der Waals surface area contributed by atoms with Crippen molar-refractivity contribution in [2.24, 2.45) is 23.2 Å². The number of Topliss-reactive ketones (excluding diaryl/α,β-unsaturated/α-hetero) is 1. The van der Waals surface area contributed by atoms with Gasteiger partial charge in [0, 0.05) is 54.5 Å². The Kier molecular flexibility index (Phi) is 4.49. The SMILES string of the molecule is CN1CCN(c2ccc3c(c2)OCC(C(=O)C24CC5CCCC(C2)C(C5)C4)=C3)CC1. The van der Waals surface area contributed by atoms with Crippen molar-refractivity contribution in [1.29, 1.82) is 0 Å². The van der Waals surface area contributed by atoms with Crippen LogP contribution < -0.4 is 9.64 Å². The Morgan fingerprint density at radius 3 is 2.77 bits per heavy atom. The standard InChI is InChI=1S/C26H34N2O2/c1-27-7-9-28(10-8-27)23-6-5-19-12-22(17-30-24(19)13-23)25(29)26-14-18-3-2-4-20(15-26)21(11-18)16-26/h5-6,12-13,18,20-21H,2-4,7-11,14-17H2,1H3. The van der Waals surface area contributed by atoms with Gasteiger partial charge in [0.05, 0.1) is 0 Å². The number of hydrogen-bond acceptors (Lipinski definition) is 4. The number of carbonyl (C=O) groups excluding carboxylic acids is 1.